The van der Waals surface area contributed by atoms with Crippen LogP contribution in [0.5, 0.6) is 0 Å². The van der Waals surface area contributed by atoms with Gasteiger partial charge in [-0.15, -0.1) is 0 Å². The maximum absolute atomic E-state index is 5.67. The van der Waals surface area contributed by atoms with Gasteiger partial charge in [0, 0.05) is 0 Å². The predicted octanol–water partition coefficient (Wildman–Crippen LogP) is 2.16. The van der Waals surface area contributed by atoms with E-state index in [9.17, 15) is 0 Å². The smallest absolute Gasteiger partial charge is 0.00462 e. The summed E-state index contributed by atoms with van der Waals surface area (Å²) in [5.41, 5.74) is 5.67. The van der Waals surface area contributed by atoms with Crippen molar-refractivity contribution in [1.29, 1.82) is 0 Å². The molecule has 1 fully saturated rings. The van der Waals surface area contributed by atoms with Crippen molar-refractivity contribution in [2.45, 2.75) is 39.0 Å². The fourth-order valence-corrected chi connectivity index (χ4v) is 2.13. The van der Waals surface area contributed by atoms with Crippen LogP contribution in [0.15, 0.2) is 0 Å². The van der Waals surface area contributed by atoms with E-state index < -0.39 is 0 Å². The van der Waals surface area contributed by atoms with Crippen molar-refractivity contribution in [3.05, 3.63) is 0 Å². The molecule has 10 heavy (non-hydrogen) atoms. The normalized spacial score (nSPS) is 34.2. The van der Waals surface area contributed by atoms with Crippen LogP contribution in [-0.4, -0.2) is 6.54 Å². The highest BCUT2D eigenvalue weighted by atomic mass is 14.6. The third-order valence-electron chi connectivity index (χ3n) is 2.89. The van der Waals surface area contributed by atoms with E-state index in [2.05, 4.69) is 6.92 Å². The Morgan fingerprint density at radius 1 is 1.20 bits per heavy atom. The molecule has 0 aromatic heterocycles. The summed E-state index contributed by atoms with van der Waals surface area (Å²) >= 11 is 0. The molecular formula is C9H19N. The van der Waals surface area contributed by atoms with Crippen LogP contribution in [0.4, 0.5) is 0 Å². The first-order valence-corrected chi connectivity index (χ1v) is 4.58. The minimum atomic E-state index is 0.846. The van der Waals surface area contributed by atoms with Gasteiger partial charge < -0.3 is 5.73 Å². The Hall–Kier alpha value is -0.0400. The van der Waals surface area contributed by atoms with Gasteiger partial charge in [0.15, 0.2) is 0 Å². The van der Waals surface area contributed by atoms with Crippen molar-refractivity contribution in [2.24, 2.45) is 17.6 Å². The molecule has 1 aliphatic carbocycles. The number of rotatable bonds is 2. The molecule has 1 aliphatic rings. The van der Waals surface area contributed by atoms with Crippen LogP contribution in [-0.2, 0) is 0 Å². The van der Waals surface area contributed by atoms with Crippen molar-refractivity contribution in [2.75, 3.05) is 6.54 Å². The van der Waals surface area contributed by atoms with Gasteiger partial charge in [-0.2, -0.15) is 0 Å². The van der Waals surface area contributed by atoms with Crippen LogP contribution >= 0.6 is 0 Å². The minimum Gasteiger partial charge on any atom is -0.330 e. The molecule has 2 N–H and O–H groups in total. The molecule has 0 radical (unpaired) electrons. The van der Waals surface area contributed by atoms with Crippen molar-refractivity contribution >= 4 is 0 Å². The topological polar surface area (TPSA) is 26.0 Å². The zero-order chi connectivity index (χ0) is 7.40. The van der Waals surface area contributed by atoms with Crippen LogP contribution in [0.2, 0.25) is 0 Å². The maximum Gasteiger partial charge on any atom is -0.00462 e. The lowest BCUT2D eigenvalue weighted by Crippen LogP contribution is -2.26. The Bertz CT molecular complexity index is 78.7. The van der Waals surface area contributed by atoms with Crippen molar-refractivity contribution < 1.29 is 0 Å². The van der Waals surface area contributed by atoms with Gasteiger partial charge in [0.05, 0.1) is 0 Å². The highest BCUT2D eigenvalue weighted by molar-refractivity contribution is 4.74. The molecule has 0 aromatic rings. The summed E-state index contributed by atoms with van der Waals surface area (Å²) in [4.78, 5) is 0. The van der Waals surface area contributed by atoms with Gasteiger partial charge in [0.2, 0.25) is 0 Å². The molecule has 0 heterocycles. The van der Waals surface area contributed by atoms with E-state index in [0.29, 0.717) is 0 Å². The lowest BCUT2D eigenvalue weighted by Gasteiger charge is -2.29. The van der Waals surface area contributed by atoms with E-state index in [1.807, 2.05) is 0 Å². The van der Waals surface area contributed by atoms with Gasteiger partial charge in [-0.25, -0.2) is 0 Å². The van der Waals surface area contributed by atoms with Crippen LogP contribution < -0.4 is 5.73 Å². The molecule has 2 unspecified atom stereocenters. The Morgan fingerprint density at radius 2 is 1.80 bits per heavy atom. The molecule has 2 atom stereocenters. The van der Waals surface area contributed by atoms with Crippen LogP contribution in [0.3, 0.4) is 0 Å². The molecule has 0 aromatic carbocycles. The average molecular weight is 141 g/mol. The molecule has 1 nitrogen and oxygen atoms in total. The first kappa shape index (κ1) is 8.06. The number of nitrogens with two attached hydrogens (primary N) is 1. The Balaban J connectivity index is 2.34. The zero-order valence-corrected chi connectivity index (χ0v) is 6.97. The standard InChI is InChI=1S/C9H19N/c1-2-8-5-3-4-6-9(8)7-10/h8-9H,2-7,10H2,1H3. The zero-order valence-electron chi connectivity index (χ0n) is 6.97. The predicted molar refractivity (Wildman–Crippen MR) is 44.8 cm³/mol. The molecule has 1 heteroatoms. The minimum absolute atomic E-state index is 0.846. The molecule has 60 valence electrons. The SMILES string of the molecule is CCC1CCCCC1CN. The summed E-state index contributed by atoms with van der Waals surface area (Å²) in [6.45, 7) is 3.21. The maximum atomic E-state index is 5.67. The molecule has 0 bridgehead atoms. The third kappa shape index (κ3) is 1.72. The van der Waals surface area contributed by atoms with Crippen molar-refractivity contribution in [3.63, 3.8) is 0 Å². The van der Waals surface area contributed by atoms with E-state index in [1.54, 1.807) is 0 Å². The molecule has 0 saturated heterocycles. The van der Waals surface area contributed by atoms with Gasteiger partial charge in [-0.1, -0.05) is 32.6 Å². The van der Waals surface area contributed by atoms with Gasteiger partial charge >= 0.3 is 0 Å². The Labute approximate surface area is 64.0 Å². The monoisotopic (exact) mass is 141 g/mol. The molecule has 0 spiro atoms. The summed E-state index contributed by atoms with van der Waals surface area (Å²) in [5.74, 6) is 1.79. The van der Waals surface area contributed by atoms with Gasteiger partial charge in [-0.3, -0.25) is 0 Å². The second-order valence-corrected chi connectivity index (χ2v) is 3.45. The van der Waals surface area contributed by atoms with E-state index in [4.69, 9.17) is 5.73 Å². The van der Waals surface area contributed by atoms with Crippen molar-refractivity contribution in [1.82, 2.24) is 0 Å². The molecule has 0 amide bonds. The van der Waals surface area contributed by atoms with E-state index in [1.165, 1.54) is 32.1 Å². The van der Waals surface area contributed by atoms with Crippen LogP contribution in [0.25, 0.3) is 0 Å². The first-order chi connectivity index (χ1) is 4.88. The average Bonchev–Trinajstić information content (AvgIpc) is 2.04. The van der Waals surface area contributed by atoms with E-state index in [0.717, 1.165) is 18.4 Å². The fraction of sp³-hybridized carbons (Fsp3) is 1.00. The van der Waals surface area contributed by atoms with Gasteiger partial charge in [0.25, 0.3) is 0 Å². The lowest BCUT2D eigenvalue weighted by molar-refractivity contribution is 0.237. The third-order valence-corrected chi connectivity index (χ3v) is 2.89. The molecular weight excluding hydrogens is 122 g/mol. The second-order valence-electron chi connectivity index (χ2n) is 3.45. The molecule has 1 saturated carbocycles. The van der Waals surface area contributed by atoms with Gasteiger partial charge in [0.1, 0.15) is 0 Å². The Kier molecular flexibility index (Phi) is 3.20. The summed E-state index contributed by atoms with van der Waals surface area (Å²) in [6.07, 6.45) is 7.00. The molecule has 1 rings (SSSR count). The lowest BCUT2D eigenvalue weighted by atomic mass is 9.78. The molecule has 0 aliphatic heterocycles. The van der Waals surface area contributed by atoms with Crippen molar-refractivity contribution in [3.8, 4) is 0 Å². The summed E-state index contributed by atoms with van der Waals surface area (Å²) in [6, 6.07) is 0. The summed E-state index contributed by atoms with van der Waals surface area (Å²) in [7, 11) is 0. The summed E-state index contributed by atoms with van der Waals surface area (Å²) < 4.78 is 0. The van der Waals surface area contributed by atoms with Gasteiger partial charge in [-0.05, 0) is 24.8 Å². The first-order valence-electron chi connectivity index (χ1n) is 4.58. The largest absolute Gasteiger partial charge is 0.330 e. The number of hydrogen-bond acceptors (Lipinski definition) is 1. The van der Waals surface area contributed by atoms with Crippen LogP contribution in [0.1, 0.15) is 39.0 Å². The highest BCUT2D eigenvalue weighted by Gasteiger charge is 2.21. The van der Waals surface area contributed by atoms with E-state index in [-0.39, 0.29) is 0 Å². The fourth-order valence-electron chi connectivity index (χ4n) is 2.13. The van der Waals surface area contributed by atoms with E-state index >= 15 is 0 Å². The Morgan fingerprint density at radius 3 is 2.20 bits per heavy atom. The van der Waals surface area contributed by atoms with Crippen LogP contribution in [0, 0.1) is 11.8 Å². The quantitative estimate of drug-likeness (QED) is 0.626. The summed E-state index contributed by atoms with van der Waals surface area (Å²) in [5, 5.41) is 0. The highest BCUT2D eigenvalue weighted by Crippen LogP contribution is 2.30. The number of hydrogen-bond donors (Lipinski definition) is 1. The second kappa shape index (κ2) is 3.97.